The summed E-state index contributed by atoms with van der Waals surface area (Å²) in [4.78, 5) is 27.8. The molecule has 8 nitrogen and oxygen atoms in total. The molecular formula is C19H23N3O5S2. The van der Waals surface area contributed by atoms with Crippen molar-refractivity contribution in [3.8, 4) is 5.75 Å². The quantitative estimate of drug-likeness (QED) is 0.748. The summed E-state index contributed by atoms with van der Waals surface area (Å²) < 4.78 is 31.2. The van der Waals surface area contributed by atoms with Crippen LogP contribution >= 0.6 is 11.3 Å². The Bertz CT molecular complexity index is 1000. The summed E-state index contributed by atoms with van der Waals surface area (Å²) in [5.74, 6) is -0.205. The highest BCUT2D eigenvalue weighted by Crippen LogP contribution is 2.30. The van der Waals surface area contributed by atoms with Crippen LogP contribution in [0.5, 0.6) is 5.75 Å². The van der Waals surface area contributed by atoms with Gasteiger partial charge in [-0.25, -0.2) is 12.7 Å². The van der Waals surface area contributed by atoms with E-state index in [0.717, 1.165) is 10.7 Å². The van der Waals surface area contributed by atoms with E-state index in [1.54, 1.807) is 17.0 Å². The Morgan fingerprint density at radius 3 is 2.66 bits per heavy atom. The van der Waals surface area contributed by atoms with Crippen molar-refractivity contribution in [1.82, 2.24) is 9.21 Å². The molecule has 156 valence electrons. The number of anilines is 1. The molecule has 0 bridgehead atoms. The highest BCUT2D eigenvalue weighted by Gasteiger charge is 2.35. The predicted molar refractivity (Wildman–Crippen MR) is 111 cm³/mol. The molecule has 1 unspecified atom stereocenters. The van der Waals surface area contributed by atoms with Crippen molar-refractivity contribution >= 4 is 38.9 Å². The van der Waals surface area contributed by atoms with Crippen LogP contribution in [0.3, 0.4) is 0 Å². The second-order valence-electron chi connectivity index (χ2n) is 6.77. The summed E-state index contributed by atoms with van der Waals surface area (Å²) in [5.41, 5.74) is 0.246. The van der Waals surface area contributed by atoms with Crippen LogP contribution in [0.15, 0.2) is 40.6 Å². The Morgan fingerprint density at radius 2 is 2.03 bits per heavy atom. The number of methoxy groups -OCH3 is 1. The number of benzene rings is 1. The van der Waals surface area contributed by atoms with Gasteiger partial charge < -0.3 is 15.0 Å². The number of rotatable bonds is 6. The summed E-state index contributed by atoms with van der Waals surface area (Å²) in [5, 5.41) is 4.57. The Kier molecular flexibility index (Phi) is 6.25. The first-order valence-corrected chi connectivity index (χ1v) is 11.3. The zero-order chi connectivity index (χ0) is 21.2. The van der Waals surface area contributed by atoms with Gasteiger partial charge in [0.2, 0.25) is 15.9 Å². The Morgan fingerprint density at radius 1 is 1.28 bits per heavy atom. The van der Waals surface area contributed by atoms with Crippen LogP contribution < -0.4 is 10.1 Å². The second-order valence-corrected chi connectivity index (χ2v) is 9.87. The molecule has 1 saturated heterocycles. The minimum absolute atomic E-state index is 0.0385. The van der Waals surface area contributed by atoms with Crippen LogP contribution in [0, 0.1) is 0 Å². The second kappa shape index (κ2) is 8.52. The fourth-order valence-electron chi connectivity index (χ4n) is 3.20. The maximum Gasteiger partial charge on any atom is 0.264 e. The number of ether oxygens (including phenoxy) is 1. The van der Waals surface area contributed by atoms with Crippen LogP contribution in [-0.4, -0.2) is 63.2 Å². The zero-order valence-corrected chi connectivity index (χ0v) is 18.0. The van der Waals surface area contributed by atoms with E-state index in [2.05, 4.69) is 5.32 Å². The maximum atomic E-state index is 12.9. The predicted octanol–water partition coefficient (Wildman–Crippen LogP) is 2.25. The average molecular weight is 438 g/mol. The largest absolute Gasteiger partial charge is 0.495 e. The van der Waals surface area contributed by atoms with Gasteiger partial charge in [-0.2, -0.15) is 0 Å². The van der Waals surface area contributed by atoms with Gasteiger partial charge >= 0.3 is 0 Å². The molecule has 0 radical (unpaired) electrons. The van der Waals surface area contributed by atoms with Crippen LogP contribution in [0.2, 0.25) is 0 Å². The van der Waals surface area contributed by atoms with Gasteiger partial charge in [-0.15, -0.1) is 11.3 Å². The maximum absolute atomic E-state index is 12.9. The number of sulfonamides is 1. The molecule has 0 spiro atoms. The van der Waals surface area contributed by atoms with Crippen LogP contribution in [-0.2, 0) is 14.8 Å². The smallest absolute Gasteiger partial charge is 0.264 e. The van der Waals surface area contributed by atoms with Crippen molar-refractivity contribution in [2.24, 2.45) is 0 Å². The molecule has 10 heteroatoms. The third-order valence-corrected chi connectivity index (χ3v) is 7.42. The SMILES string of the molecule is COc1ccc(S(=O)(=O)N(C)C)cc1NC(=O)C1CCCN1C(=O)c1cccs1. The third-order valence-electron chi connectivity index (χ3n) is 4.76. The highest BCUT2D eigenvalue weighted by atomic mass is 32.2. The van der Waals surface area contributed by atoms with E-state index in [9.17, 15) is 18.0 Å². The lowest BCUT2D eigenvalue weighted by Gasteiger charge is -2.24. The monoisotopic (exact) mass is 437 g/mol. The molecule has 1 aromatic heterocycles. The molecule has 0 aliphatic carbocycles. The van der Waals surface area contributed by atoms with E-state index in [0.29, 0.717) is 23.6 Å². The molecule has 2 heterocycles. The number of thiophene rings is 1. The van der Waals surface area contributed by atoms with Gasteiger partial charge in [0.1, 0.15) is 11.8 Å². The topological polar surface area (TPSA) is 96.0 Å². The van der Waals surface area contributed by atoms with Crippen molar-refractivity contribution in [2.75, 3.05) is 33.1 Å². The molecule has 1 fully saturated rings. The zero-order valence-electron chi connectivity index (χ0n) is 16.4. The molecule has 0 saturated carbocycles. The van der Waals surface area contributed by atoms with Crippen LogP contribution in [0.4, 0.5) is 5.69 Å². The number of hydrogen-bond acceptors (Lipinski definition) is 6. The van der Waals surface area contributed by atoms with Crippen molar-refractivity contribution in [1.29, 1.82) is 0 Å². The first-order chi connectivity index (χ1) is 13.8. The van der Waals surface area contributed by atoms with Gasteiger partial charge in [0.05, 0.1) is 22.6 Å². The average Bonchev–Trinajstić information content (AvgIpc) is 3.39. The minimum Gasteiger partial charge on any atom is -0.495 e. The number of carbonyl (C=O) groups is 2. The van der Waals surface area contributed by atoms with E-state index < -0.39 is 16.1 Å². The minimum atomic E-state index is -3.67. The van der Waals surface area contributed by atoms with E-state index in [-0.39, 0.29) is 22.4 Å². The molecule has 2 aromatic rings. The summed E-state index contributed by atoms with van der Waals surface area (Å²) in [6.45, 7) is 0.501. The lowest BCUT2D eigenvalue weighted by atomic mass is 10.2. The molecule has 1 aromatic carbocycles. The van der Waals surface area contributed by atoms with Gasteiger partial charge in [0, 0.05) is 20.6 Å². The van der Waals surface area contributed by atoms with Crippen molar-refractivity contribution in [3.05, 3.63) is 40.6 Å². The number of nitrogens with zero attached hydrogens (tertiary/aromatic N) is 2. The van der Waals surface area contributed by atoms with E-state index in [1.165, 1.54) is 50.7 Å². The van der Waals surface area contributed by atoms with Gasteiger partial charge in [0.25, 0.3) is 5.91 Å². The number of carbonyl (C=O) groups excluding carboxylic acids is 2. The normalized spacial score (nSPS) is 16.8. The number of nitrogens with one attached hydrogen (secondary N) is 1. The molecule has 1 atom stereocenters. The molecule has 1 aliphatic heterocycles. The molecule has 1 aliphatic rings. The highest BCUT2D eigenvalue weighted by molar-refractivity contribution is 7.89. The number of hydrogen-bond donors (Lipinski definition) is 1. The van der Waals surface area contributed by atoms with Gasteiger partial charge in [0.15, 0.2) is 0 Å². The molecule has 29 heavy (non-hydrogen) atoms. The van der Waals surface area contributed by atoms with E-state index in [1.807, 2.05) is 5.38 Å². The first-order valence-electron chi connectivity index (χ1n) is 9.01. The standard InChI is InChI=1S/C19H23N3O5S2/c1-21(2)29(25,26)13-8-9-16(27-3)14(12-13)20-18(23)15-6-4-10-22(15)19(24)17-7-5-11-28-17/h5,7-9,11-12,15H,4,6,10H2,1-3H3,(H,20,23). The van der Waals surface area contributed by atoms with E-state index in [4.69, 9.17) is 4.74 Å². The van der Waals surface area contributed by atoms with Crippen molar-refractivity contribution < 1.29 is 22.7 Å². The molecule has 1 N–H and O–H groups in total. The van der Waals surface area contributed by atoms with Crippen molar-refractivity contribution in [2.45, 2.75) is 23.8 Å². The number of likely N-dealkylation sites (tertiary alicyclic amines) is 1. The summed E-state index contributed by atoms with van der Waals surface area (Å²) in [7, 11) is 0.638. The van der Waals surface area contributed by atoms with Gasteiger partial charge in [-0.1, -0.05) is 6.07 Å². The lowest BCUT2D eigenvalue weighted by molar-refractivity contribution is -0.119. The Labute approximate surface area is 174 Å². The first kappa shape index (κ1) is 21.3. The third kappa shape index (κ3) is 4.29. The Balaban J connectivity index is 1.85. The summed E-state index contributed by atoms with van der Waals surface area (Å²) in [6.07, 6.45) is 1.27. The van der Waals surface area contributed by atoms with E-state index >= 15 is 0 Å². The molecular weight excluding hydrogens is 414 g/mol. The number of amides is 2. The van der Waals surface area contributed by atoms with Gasteiger partial charge in [-0.05, 0) is 42.5 Å². The Hall–Kier alpha value is -2.43. The fraction of sp³-hybridized carbons (Fsp3) is 0.368. The van der Waals surface area contributed by atoms with Crippen LogP contribution in [0.1, 0.15) is 22.5 Å². The molecule has 2 amide bonds. The molecule has 3 rings (SSSR count). The summed E-state index contributed by atoms with van der Waals surface area (Å²) >= 11 is 1.33. The van der Waals surface area contributed by atoms with Crippen molar-refractivity contribution in [3.63, 3.8) is 0 Å². The fourth-order valence-corrected chi connectivity index (χ4v) is 4.80. The van der Waals surface area contributed by atoms with Crippen LogP contribution in [0.25, 0.3) is 0 Å². The lowest BCUT2D eigenvalue weighted by Crippen LogP contribution is -2.43. The summed E-state index contributed by atoms with van der Waals surface area (Å²) in [6, 6.07) is 7.19. The van der Waals surface area contributed by atoms with Gasteiger partial charge in [-0.3, -0.25) is 9.59 Å².